The average molecular weight is 288 g/mol. The van der Waals surface area contributed by atoms with Crippen LogP contribution >= 0.6 is 0 Å². The molecular formula is C16H24N4O. The van der Waals surface area contributed by atoms with Gasteiger partial charge < -0.3 is 0 Å². The number of aliphatic imine (C=N–C) groups is 1. The molecule has 2 N–H and O–H groups in total. The third-order valence-electron chi connectivity index (χ3n) is 3.60. The molecule has 0 spiro atoms. The molecule has 0 aliphatic carbocycles. The minimum atomic E-state index is -0.109. The topological polar surface area (TPSA) is 56.7 Å². The molecule has 5 heteroatoms. The summed E-state index contributed by atoms with van der Waals surface area (Å²) in [5.74, 6) is 0.661. The number of rotatable bonds is 3. The zero-order valence-corrected chi connectivity index (χ0v) is 12.8. The van der Waals surface area contributed by atoms with E-state index in [1.165, 1.54) is 12.5 Å². The molecule has 0 atom stereocenters. The van der Waals surface area contributed by atoms with E-state index in [0.29, 0.717) is 6.04 Å². The lowest BCUT2D eigenvalue weighted by Gasteiger charge is -2.30. The van der Waals surface area contributed by atoms with Crippen molar-refractivity contribution in [3.05, 3.63) is 35.9 Å². The highest BCUT2D eigenvalue weighted by Gasteiger charge is 2.18. The predicted octanol–water partition coefficient (Wildman–Crippen LogP) is 1.71. The lowest BCUT2D eigenvalue weighted by molar-refractivity contribution is -0.119. The van der Waals surface area contributed by atoms with Crippen LogP contribution in [0.5, 0.6) is 0 Å². The molecule has 1 aliphatic rings. The molecule has 1 aliphatic heterocycles. The number of likely N-dealkylation sites (tertiary alicyclic amines) is 1. The van der Waals surface area contributed by atoms with E-state index < -0.39 is 0 Å². The fourth-order valence-corrected chi connectivity index (χ4v) is 2.53. The van der Waals surface area contributed by atoms with Crippen LogP contribution in [0.1, 0.15) is 32.3 Å². The van der Waals surface area contributed by atoms with Crippen molar-refractivity contribution in [2.75, 3.05) is 13.1 Å². The van der Waals surface area contributed by atoms with Crippen LogP contribution in [0.25, 0.3) is 0 Å². The van der Waals surface area contributed by atoms with E-state index >= 15 is 0 Å². The largest absolute Gasteiger partial charge is 0.299 e. The van der Waals surface area contributed by atoms with E-state index in [9.17, 15) is 4.79 Å². The lowest BCUT2D eigenvalue weighted by Crippen LogP contribution is -2.40. The second-order valence-corrected chi connectivity index (χ2v) is 5.51. The van der Waals surface area contributed by atoms with Crippen molar-refractivity contribution in [1.82, 2.24) is 15.8 Å². The molecule has 1 amide bonds. The number of hydrogen-bond donors (Lipinski definition) is 2. The fourth-order valence-electron chi connectivity index (χ4n) is 2.53. The van der Waals surface area contributed by atoms with Gasteiger partial charge in [-0.05, 0) is 25.3 Å². The van der Waals surface area contributed by atoms with Crippen LogP contribution in [0, 0.1) is 0 Å². The summed E-state index contributed by atoms with van der Waals surface area (Å²) in [5, 5.41) is 0. The molecule has 0 radical (unpaired) electrons. The molecule has 0 unspecified atom stereocenters. The first-order valence-electron chi connectivity index (χ1n) is 7.47. The first-order valence-corrected chi connectivity index (χ1v) is 7.47. The van der Waals surface area contributed by atoms with Crippen molar-refractivity contribution in [2.24, 2.45) is 4.99 Å². The summed E-state index contributed by atoms with van der Waals surface area (Å²) in [5.41, 5.74) is 6.73. The summed E-state index contributed by atoms with van der Waals surface area (Å²) < 4.78 is 0. The SMILES string of the molecule is CC(=O)NNC(C)=NC1CCN(Cc2ccccc2)CC1. The van der Waals surface area contributed by atoms with E-state index in [1.54, 1.807) is 0 Å². The average Bonchev–Trinajstić information content (AvgIpc) is 2.48. The Bertz CT molecular complexity index is 478. The molecule has 1 aromatic rings. The Balaban J connectivity index is 1.75. The number of amidine groups is 1. The molecule has 5 nitrogen and oxygen atoms in total. The Labute approximate surface area is 126 Å². The maximum atomic E-state index is 10.8. The van der Waals surface area contributed by atoms with E-state index in [1.807, 2.05) is 6.92 Å². The van der Waals surface area contributed by atoms with Crippen molar-refractivity contribution in [3.8, 4) is 0 Å². The highest BCUT2D eigenvalue weighted by molar-refractivity contribution is 5.83. The van der Waals surface area contributed by atoms with Gasteiger partial charge in [0.2, 0.25) is 5.91 Å². The van der Waals surface area contributed by atoms with Crippen molar-refractivity contribution in [2.45, 2.75) is 39.3 Å². The number of nitrogens with one attached hydrogen (secondary N) is 2. The van der Waals surface area contributed by atoms with Crippen molar-refractivity contribution < 1.29 is 4.79 Å². The van der Waals surface area contributed by atoms with Gasteiger partial charge in [-0.2, -0.15) is 0 Å². The van der Waals surface area contributed by atoms with Gasteiger partial charge in [-0.25, -0.2) is 0 Å². The van der Waals surface area contributed by atoms with E-state index in [-0.39, 0.29) is 5.91 Å². The summed E-state index contributed by atoms with van der Waals surface area (Å²) in [6.45, 7) is 6.50. The molecule has 1 aromatic carbocycles. The molecule has 1 fully saturated rings. The number of amides is 1. The van der Waals surface area contributed by atoms with E-state index in [0.717, 1.165) is 38.3 Å². The number of piperidine rings is 1. The highest BCUT2D eigenvalue weighted by Crippen LogP contribution is 2.16. The number of nitrogens with zero attached hydrogens (tertiary/aromatic N) is 2. The number of carbonyl (C=O) groups excluding carboxylic acids is 1. The maximum Gasteiger partial charge on any atom is 0.235 e. The molecule has 1 saturated heterocycles. The number of carbonyl (C=O) groups is 1. The molecule has 0 aromatic heterocycles. The van der Waals surface area contributed by atoms with Crippen LogP contribution in [-0.2, 0) is 11.3 Å². The van der Waals surface area contributed by atoms with Gasteiger partial charge >= 0.3 is 0 Å². The van der Waals surface area contributed by atoms with Gasteiger partial charge in [-0.1, -0.05) is 30.3 Å². The highest BCUT2D eigenvalue weighted by atomic mass is 16.2. The van der Waals surface area contributed by atoms with Crippen molar-refractivity contribution in [3.63, 3.8) is 0 Å². The summed E-state index contributed by atoms with van der Waals surface area (Å²) in [6, 6.07) is 10.9. The first kappa shape index (κ1) is 15.5. The second-order valence-electron chi connectivity index (χ2n) is 5.51. The van der Waals surface area contributed by atoms with Gasteiger partial charge in [-0.15, -0.1) is 0 Å². The Kier molecular flexibility index (Phi) is 5.75. The van der Waals surface area contributed by atoms with E-state index in [2.05, 4.69) is 51.1 Å². The van der Waals surface area contributed by atoms with Crippen LogP contribution in [0.15, 0.2) is 35.3 Å². The zero-order chi connectivity index (χ0) is 15.1. The molecule has 2 rings (SSSR count). The third kappa shape index (κ3) is 5.55. The summed E-state index contributed by atoms with van der Waals surface area (Å²) in [7, 11) is 0. The third-order valence-corrected chi connectivity index (χ3v) is 3.60. The normalized spacial score (nSPS) is 17.5. The monoisotopic (exact) mass is 288 g/mol. The second kappa shape index (κ2) is 7.78. The number of hydrazine groups is 1. The summed E-state index contributed by atoms with van der Waals surface area (Å²) in [4.78, 5) is 17.9. The molecule has 1 heterocycles. The maximum absolute atomic E-state index is 10.8. The Morgan fingerprint density at radius 2 is 1.86 bits per heavy atom. The molecular weight excluding hydrogens is 264 g/mol. The van der Waals surface area contributed by atoms with Crippen LogP contribution in [0.4, 0.5) is 0 Å². The lowest BCUT2D eigenvalue weighted by atomic mass is 10.0. The molecule has 21 heavy (non-hydrogen) atoms. The Hall–Kier alpha value is -1.88. The van der Waals surface area contributed by atoms with Gasteiger partial charge in [0.25, 0.3) is 0 Å². The van der Waals surface area contributed by atoms with Crippen LogP contribution in [-0.4, -0.2) is 35.8 Å². The van der Waals surface area contributed by atoms with Gasteiger partial charge in [0.05, 0.1) is 6.04 Å². The first-order chi connectivity index (χ1) is 10.1. The van der Waals surface area contributed by atoms with Gasteiger partial charge in [0.15, 0.2) is 0 Å². The van der Waals surface area contributed by atoms with Crippen LogP contribution in [0.3, 0.4) is 0 Å². The Morgan fingerprint density at radius 1 is 1.19 bits per heavy atom. The summed E-state index contributed by atoms with van der Waals surface area (Å²) in [6.07, 6.45) is 2.12. The summed E-state index contributed by atoms with van der Waals surface area (Å²) >= 11 is 0. The quantitative estimate of drug-likeness (QED) is 0.506. The predicted molar refractivity (Wildman–Crippen MR) is 84.8 cm³/mol. The van der Waals surface area contributed by atoms with Crippen molar-refractivity contribution in [1.29, 1.82) is 0 Å². The molecule has 0 bridgehead atoms. The zero-order valence-electron chi connectivity index (χ0n) is 12.8. The van der Waals surface area contributed by atoms with E-state index in [4.69, 9.17) is 0 Å². The smallest absolute Gasteiger partial charge is 0.235 e. The minimum Gasteiger partial charge on any atom is -0.299 e. The standard InChI is InChI=1S/C16H24N4O/c1-13(18-19-14(2)21)17-16-8-10-20(11-9-16)12-15-6-4-3-5-7-15/h3-7,16H,8-12H2,1-2H3,(H,17,18)(H,19,21). The van der Waals surface area contributed by atoms with Crippen LogP contribution < -0.4 is 10.9 Å². The fraction of sp³-hybridized carbons (Fsp3) is 0.500. The Morgan fingerprint density at radius 3 is 2.48 bits per heavy atom. The van der Waals surface area contributed by atoms with Crippen LogP contribution in [0.2, 0.25) is 0 Å². The van der Waals surface area contributed by atoms with Gasteiger partial charge in [0, 0.05) is 26.6 Å². The molecule has 114 valence electrons. The number of hydrogen-bond acceptors (Lipinski definition) is 3. The number of benzene rings is 1. The minimum absolute atomic E-state index is 0.109. The van der Waals surface area contributed by atoms with Gasteiger partial charge in [0.1, 0.15) is 5.84 Å². The van der Waals surface area contributed by atoms with Crippen molar-refractivity contribution >= 4 is 11.7 Å². The molecule has 0 saturated carbocycles. The van der Waals surface area contributed by atoms with Gasteiger partial charge in [-0.3, -0.25) is 25.5 Å².